The summed E-state index contributed by atoms with van der Waals surface area (Å²) in [6, 6.07) is 17.9. The Bertz CT molecular complexity index is 1270. The van der Waals surface area contributed by atoms with Gasteiger partial charge in [0.25, 0.3) is 11.7 Å². The van der Waals surface area contributed by atoms with Crippen molar-refractivity contribution in [2.24, 2.45) is 0 Å². The number of aliphatic hydroxyl groups excluding tert-OH is 1. The van der Waals surface area contributed by atoms with E-state index in [-0.39, 0.29) is 23.2 Å². The Kier molecular flexibility index (Phi) is 6.16. The lowest BCUT2D eigenvalue weighted by Gasteiger charge is -2.27. The van der Waals surface area contributed by atoms with Crippen LogP contribution in [-0.2, 0) is 9.59 Å². The van der Waals surface area contributed by atoms with Crippen LogP contribution in [0.1, 0.15) is 42.1 Å². The molecule has 0 spiro atoms. The summed E-state index contributed by atoms with van der Waals surface area (Å²) < 4.78 is 5.66. The monoisotopic (exact) mass is 457 g/mol. The van der Waals surface area contributed by atoms with Crippen LogP contribution in [0.5, 0.6) is 11.5 Å². The second-order valence-corrected chi connectivity index (χ2v) is 8.74. The molecule has 3 aromatic carbocycles. The first-order chi connectivity index (χ1) is 16.2. The summed E-state index contributed by atoms with van der Waals surface area (Å²) in [6.07, 6.45) is -0.00293. The molecule has 0 aliphatic carbocycles. The number of ether oxygens (including phenoxy) is 1. The van der Waals surface area contributed by atoms with E-state index in [0.717, 1.165) is 11.1 Å². The molecule has 2 N–H and O–H groups in total. The maximum atomic E-state index is 13.3. The summed E-state index contributed by atoms with van der Waals surface area (Å²) in [5.74, 6) is -1.04. The van der Waals surface area contributed by atoms with Gasteiger partial charge in [0.2, 0.25) is 0 Å². The van der Waals surface area contributed by atoms with Gasteiger partial charge in [0, 0.05) is 11.3 Å². The van der Waals surface area contributed by atoms with Gasteiger partial charge in [-0.15, -0.1) is 0 Å². The summed E-state index contributed by atoms with van der Waals surface area (Å²) in [5, 5.41) is 21.0. The van der Waals surface area contributed by atoms with Crippen LogP contribution in [0, 0.1) is 13.8 Å². The van der Waals surface area contributed by atoms with Crippen LogP contribution in [-0.4, -0.2) is 28.0 Å². The van der Waals surface area contributed by atoms with Gasteiger partial charge in [-0.05, 0) is 86.8 Å². The minimum atomic E-state index is -0.854. The Morgan fingerprint density at radius 3 is 2.21 bits per heavy atom. The maximum Gasteiger partial charge on any atom is 0.300 e. The molecule has 0 saturated carbocycles. The highest BCUT2D eigenvalue weighted by atomic mass is 16.5. The first-order valence-corrected chi connectivity index (χ1v) is 11.1. The molecule has 0 bridgehead atoms. The van der Waals surface area contributed by atoms with Gasteiger partial charge in [-0.25, -0.2) is 0 Å². The topological polar surface area (TPSA) is 87.1 Å². The third-order valence-corrected chi connectivity index (χ3v) is 5.78. The zero-order valence-corrected chi connectivity index (χ0v) is 19.6. The van der Waals surface area contributed by atoms with E-state index in [1.54, 1.807) is 36.4 Å². The number of ketones is 1. The Hall–Kier alpha value is -4.06. The zero-order chi connectivity index (χ0) is 24.6. The second kappa shape index (κ2) is 9.06. The molecule has 4 rings (SSSR count). The van der Waals surface area contributed by atoms with Gasteiger partial charge in [0.05, 0.1) is 17.7 Å². The number of hydrogen-bond acceptors (Lipinski definition) is 5. The lowest BCUT2D eigenvalue weighted by atomic mass is 9.94. The fourth-order valence-electron chi connectivity index (χ4n) is 4.15. The van der Waals surface area contributed by atoms with Gasteiger partial charge in [0.15, 0.2) is 0 Å². The molecule has 6 nitrogen and oxygen atoms in total. The van der Waals surface area contributed by atoms with Crippen LogP contribution in [0.25, 0.3) is 5.76 Å². The van der Waals surface area contributed by atoms with E-state index in [9.17, 15) is 19.8 Å². The first-order valence-electron chi connectivity index (χ1n) is 11.1. The van der Waals surface area contributed by atoms with Crippen LogP contribution in [0.4, 0.5) is 5.69 Å². The Morgan fingerprint density at radius 1 is 0.941 bits per heavy atom. The van der Waals surface area contributed by atoms with Crippen molar-refractivity contribution in [1.29, 1.82) is 0 Å². The van der Waals surface area contributed by atoms with E-state index < -0.39 is 17.7 Å². The molecule has 1 saturated heterocycles. The van der Waals surface area contributed by atoms with Gasteiger partial charge >= 0.3 is 0 Å². The van der Waals surface area contributed by atoms with Gasteiger partial charge in [0.1, 0.15) is 17.3 Å². The minimum absolute atomic E-state index is 0.00293. The summed E-state index contributed by atoms with van der Waals surface area (Å²) in [7, 11) is 0. The minimum Gasteiger partial charge on any atom is -0.508 e. The predicted octanol–water partition coefficient (Wildman–Crippen LogP) is 5.42. The SMILES string of the molecule is Cc1ccc(C)c(N2C(=O)C(=O)/C(=C(/O)c3ccc(OC(C)C)cc3)C2c2ccc(O)cc2)c1. The molecule has 1 heterocycles. The molecule has 3 aromatic rings. The van der Waals surface area contributed by atoms with Gasteiger partial charge < -0.3 is 14.9 Å². The lowest BCUT2D eigenvalue weighted by Crippen LogP contribution is -2.30. The number of rotatable bonds is 5. The van der Waals surface area contributed by atoms with Crippen LogP contribution in [0.15, 0.2) is 72.3 Å². The Balaban J connectivity index is 1.89. The lowest BCUT2D eigenvalue weighted by molar-refractivity contribution is -0.132. The van der Waals surface area contributed by atoms with Crippen molar-refractivity contribution in [2.75, 3.05) is 4.90 Å². The molecule has 1 amide bonds. The number of carbonyl (C=O) groups is 2. The number of phenols is 1. The molecule has 1 atom stereocenters. The number of nitrogens with zero attached hydrogens (tertiary/aromatic N) is 1. The van der Waals surface area contributed by atoms with Crippen molar-refractivity contribution in [2.45, 2.75) is 39.8 Å². The molecule has 1 unspecified atom stereocenters. The van der Waals surface area contributed by atoms with Crippen molar-refractivity contribution >= 4 is 23.1 Å². The van der Waals surface area contributed by atoms with E-state index in [4.69, 9.17) is 4.74 Å². The van der Waals surface area contributed by atoms with E-state index in [1.807, 2.05) is 45.9 Å². The number of hydrogen-bond donors (Lipinski definition) is 2. The smallest absolute Gasteiger partial charge is 0.300 e. The normalized spacial score (nSPS) is 17.4. The van der Waals surface area contributed by atoms with E-state index >= 15 is 0 Å². The van der Waals surface area contributed by atoms with Crippen LogP contribution < -0.4 is 9.64 Å². The highest BCUT2D eigenvalue weighted by Gasteiger charge is 2.47. The quantitative estimate of drug-likeness (QED) is 0.303. The van der Waals surface area contributed by atoms with E-state index in [2.05, 4.69) is 0 Å². The molecular weight excluding hydrogens is 430 g/mol. The number of anilines is 1. The largest absolute Gasteiger partial charge is 0.508 e. The molecule has 0 aromatic heterocycles. The van der Waals surface area contributed by atoms with Crippen molar-refractivity contribution in [3.05, 3.63) is 94.6 Å². The standard InChI is InChI=1S/C28H27NO5/c1-16(2)34-22-13-9-20(10-14-22)26(31)24-25(19-7-11-21(30)12-8-19)29(28(33)27(24)32)23-15-17(3)5-6-18(23)4/h5-16,25,30-31H,1-4H3/b26-24+. The number of phenolic OH excluding ortho intramolecular Hbond substituents is 1. The van der Waals surface area contributed by atoms with Crippen LogP contribution in [0.2, 0.25) is 0 Å². The highest BCUT2D eigenvalue weighted by molar-refractivity contribution is 6.51. The molecule has 0 radical (unpaired) electrons. The van der Waals surface area contributed by atoms with Gasteiger partial charge in [-0.2, -0.15) is 0 Å². The summed E-state index contributed by atoms with van der Waals surface area (Å²) in [4.78, 5) is 28.0. The molecule has 174 valence electrons. The first kappa shape index (κ1) is 23.1. The van der Waals surface area contributed by atoms with Crippen molar-refractivity contribution in [3.63, 3.8) is 0 Å². The molecular formula is C28H27NO5. The predicted molar refractivity (Wildman–Crippen MR) is 131 cm³/mol. The molecule has 1 fully saturated rings. The summed E-state index contributed by atoms with van der Waals surface area (Å²) >= 11 is 0. The number of amides is 1. The Labute approximate surface area is 198 Å². The van der Waals surface area contributed by atoms with Crippen molar-refractivity contribution < 1.29 is 24.5 Å². The number of carbonyl (C=O) groups excluding carboxylic acids is 2. The number of Topliss-reactive ketones (excluding diaryl/α,β-unsaturated/α-hetero) is 1. The van der Waals surface area contributed by atoms with Crippen molar-refractivity contribution in [3.8, 4) is 11.5 Å². The molecule has 1 aliphatic rings. The fraction of sp³-hybridized carbons (Fsp3) is 0.214. The second-order valence-electron chi connectivity index (χ2n) is 8.74. The Morgan fingerprint density at radius 2 is 1.59 bits per heavy atom. The molecule has 1 aliphatic heterocycles. The average molecular weight is 458 g/mol. The zero-order valence-electron chi connectivity index (χ0n) is 19.6. The van der Waals surface area contributed by atoms with Crippen molar-refractivity contribution in [1.82, 2.24) is 0 Å². The molecule has 34 heavy (non-hydrogen) atoms. The number of benzene rings is 3. The number of aryl methyl sites for hydroxylation is 2. The van der Waals surface area contributed by atoms with E-state index in [0.29, 0.717) is 22.6 Å². The van der Waals surface area contributed by atoms with Gasteiger partial charge in [-0.3, -0.25) is 14.5 Å². The highest BCUT2D eigenvalue weighted by Crippen LogP contribution is 2.43. The number of aromatic hydroxyl groups is 1. The van der Waals surface area contributed by atoms with Gasteiger partial charge in [-0.1, -0.05) is 24.3 Å². The molecule has 6 heteroatoms. The summed E-state index contributed by atoms with van der Waals surface area (Å²) in [5.41, 5.74) is 3.35. The average Bonchev–Trinajstić information content (AvgIpc) is 3.06. The summed E-state index contributed by atoms with van der Waals surface area (Å²) in [6.45, 7) is 7.62. The van der Waals surface area contributed by atoms with E-state index in [1.165, 1.54) is 17.0 Å². The van der Waals surface area contributed by atoms with Crippen LogP contribution >= 0.6 is 0 Å². The number of aliphatic hydroxyl groups is 1. The third kappa shape index (κ3) is 4.27. The van der Waals surface area contributed by atoms with Crippen LogP contribution in [0.3, 0.4) is 0 Å². The third-order valence-electron chi connectivity index (χ3n) is 5.78. The fourth-order valence-corrected chi connectivity index (χ4v) is 4.15. The maximum absolute atomic E-state index is 13.3.